The molecular formula is C18H24O6. The van der Waals surface area contributed by atoms with Gasteiger partial charge in [0, 0.05) is 23.8 Å². The Morgan fingerprint density at radius 3 is 1.92 bits per heavy atom. The smallest absolute Gasteiger partial charge is 0.352 e. The van der Waals surface area contributed by atoms with Gasteiger partial charge in [-0.25, -0.2) is 9.59 Å². The van der Waals surface area contributed by atoms with Gasteiger partial charge in [-0.1, -0.05) is 13.5 Å². The van der Waals surface area contributed by atoms with Crippen molar-refractivity contribution in [3.05, 3.63) is 30.4 Å². The second-order valence-electron chi connectivity index (χ2n) is 5.01. The molecule has 0 radical (unpaired) electrons. The van der Waals surface area contributed by atoms with E-state index in [1.165, 1.54) is 6.92 Å². The van der Waals surface area contributed by atoms with Crippen molar-refractivity contribution < 1.29 is 28.5 Å². The van der Waals surface area contributed by atoms with Crippen LogP contribution >= 0.6 is 0 Å². The summed E-state index contributed by atoms with van der Waals surface area (Å²) in [4.78, 5) is 23.8. The van der Waals surface area contributed by atoms with Crippen LogP contribution in [0.3, 0.4) is 0 Å². The minimum atomic E-state index is -1.000. The SMILES string of the molecule is C=C(C)C(=O)OC(CC)C(=O)Oc1cc(OCC)cc(OCC)c1. The molecule has 1 rings (SSSR count). The molecule has 0 amide bonds. The van der Waals surface area contributed by atoms with E-state index in [-0.39, 0.29) is 11.3 Å². The van der Waals surface area contributed by atoms with Gasteiger partial charge in [-0.05, 0) is 27.2 Å². The van der Waals surface area contributed by atoms with Gasteiger partial charge in [0.15, 0.2) is 6.10 Å². The topological polar surface area (TPSA) is 71.1 Å². The molecule has 24 heavy (non-hydrogen) atoms. The van der Waals surface area contributed by atoms with Crippen LogP contribution in [0.15, 0.2) is 30.4 Å². The molecular weight excluding hydrogens is 312 g/mol. The van der Waals surface area contributed by atoms with Gasteiger partial charge in [0.05, 0.1) is 13.2 Å². The Kier molecular flexibility index (Phi) is 7.82. The van der Waals surface area contributed by atoms with Crippen LogP contribution < -0.4 is 14.2 Å². The number of esters is 2. The molecule has 0 N–H and O–H groups in total. The lowest BCUT2D eigenvalue weighted by molar-refractivity contribution is -0.159. The van der Waals surface area contributed by atoms with Gasteiger partial charge in [-0.3, -0.25) is 0 Å². The molecule has 0 saturated heterocycles. The van der Waals surface area contributed by atoms with Gasteiger partial charge < -0.3 is 18.9 Å². The zero-order valence-corrected chi connectivity index (χ0v) is 14.6. The van der Waals surface area contributed by atoms with Crippen LogP contribution in [0.25, 0.3) is 0 Å². The number of ether oxygens (including phenoxy) is 4. The fraction of sp³-hybridized carbons (Fsp3) is 0.444. The molecule has 1 atom stereocenters. The third kappa shape index (κ3) is 5.95. The normalized spacial score (nSPS) is 11.3. The highest BCUT2D eigenvalue weighted by Crippen LogP contribution is 2.28. The standard InChI is InChI=1S/C18H24O6/c1-6-16(24-17(19)12(4)5)18(20)23-15-10-13(21-7-2)9-14(11-15)22-8-3/h9-11,16H,4,6-8H2,1-3,5H3. The number of carbonyl (C=O) groups excluding carboxylic acids is 2. The Morgan fingerprint density at radius 1 is 1.00 bits per heavy atom. The van der Waals surface area contributed by atoms with E-state index in [2.05, 4.69) is 6.58 Å². The van der Waals surface area contributed by atoms with Crippen molar-refractivity contribution in [1.82, 2.24) is 0 Å². The van der Waals surface area contributed by atoms with Gasteiger partial charge in [0.1, 0.15) is 17.2 Å². The third-order valence-corrected chi connectivity index (χ3v) is 2.93. The average molecular weight is 336 g/mol. The Bertz CT molecular complexity index is 569. The number of carbonyl (C=O) groups is 2. The fourth-order valence-corrected chi connectivity index (χ4v) is 1.81. The molecule has 0 heterocycles. The van der Waals surface area contributed by atoms with Gasteiger partial charge in [0.25, 0.3) is 0 Å². The maximum absolute atomic E-state index is 12.2. The Labute approximate surface area is 142 Å². The molecule has 0 fully saturated rings. The first kappa shape index (κ1) is 19.5. The fourth-order valence-electron chi connectivity index (χ4n) is 1.81. The zero-order valence-electron chi connectivity index (χ0n) is 14.6. The minimum Gasteiger partial charge on any atom is -0.494 e. The lowest BCUT2D eigenvalue weighted by Gasteiger charge is -2.16. The summed E-state index contributed by atoms with van der Waals surface area (Å²) in [5, 5.41) is 0. The van der Waals surface area contributed by atoms with Crippen LogP contribution in [0.4, 0.5) is 0 Å². The Morgan fingerprint density at radius 2 is 1.50 bits per heavy atom. The number of hydrogen-bond donors (Lipinski definition) is 0. The summed E-state index contributed by atoms with van der Waals surface area (Å²) in [5.74, 6) is 0.0238. The molecule has 6 heteroatoms. The molecule has 1 aromatic rings. The van der Waals surface area contributed by atoms with Crippen molar-refractivity contribution in [2.45, 2.75) is 40.2 Å². The maximum Gasteiger partial charge on any atom is 0.352 e. The summed E-state index contributed by atoms with van der Waals surface area (Å²) in [6.07, 6.45) is -0.707. The highest BCUT2D eigenvalue weighted by molar-refractivity contribution is 5.89. The van der Waals surface area contributed by atoms with Crippen LogP contribution in [0.2, 0.25) is 0 Å². The summed E-state index contributed by atoms with van der Waals surface area (Å²) < 4.78 is 21.3. The van der Waals surface area contributed by atoms with Crippen LogP contribution in [-0.2, 0) is 14.3 Å². The van der Waals surface area contributed by atoms with Crippen molar-refractivity contribution in [2.24, 2.45) is 0 Å². The molecule has 0 bridgehead atoms. The average Bonchev–Trinajstić information content (AvgIpc) is 2.52. The van der Waals surface area contributed by atoms with E-state index >= 15 is 0 Å². The van der Waals surface area contributed by atoms with E-state index in [9.17, 15) is 9.59 Å². The molecule has 0 saturated carbocycles. The second kappa shape index (κ2) is 9.60. The Balaban J connectivity index is 2.90. The second-order valence-corrected chi connectivity index (χ2v) is 5.01. The summed E-state index contributed by atoms with van der Waals surface area (Å²) >= 11 is 0. The molecule has 0 aliphatic carbocycles. The lowest BCUT2D eigenvalue weighted by atomic mass is 10.2. The number of rotatable bonds is 9. The van der Waals surface area contributed by atoms with Gasteiger partial charge in [0.2, 0.25) is 0 Å². The molecule has 0 aromatic heterocycles. The van der Waals surface area contributed by atoms with Gasteiger partial charge >= 0.3 is 11.9 Å². The Hall–Kier alpha value is -2.50. The van der Waals surface area contributed by atoms with Crippen LogP contribution in [0, 0.1) is 0 Å². The molecule has 0 aliphatic heterocycles. The first-order valence-corrected chi connectivity index (χ1v) is 7.90. The van der Waals surface area contributed by atoms with Crippen LogP contribution in [0.5, 0.6) is 17.2 Å². The summed E-state index contributed by atoms with van der Waals surface area (Å²) in [7, 11) is 0. The third-order valence-electron chi connectivity index (χ3n) is 2.93. The number of benzene rings is 1. The van der Waals surface area contributed by atoms with E-state index in [4.69, 9.17) is 18.9 Å². The van der Waals surface area contributed by atoms with E-state index in [1.54, 1.807) is 25.1 Å². The van der Waals surface area contributed by atoms with E-state index in [0.717, 1.165) is 0 Å². The molecule has 1 unspecified atom stereocenters. The molecule has 132 valence electrons. The van der Waals surface area contributed by atoms with Crippen LogP contribution in [-0.4, -0.2) is 31.3 Å². The van der Waals surface area contributed by atoms with E-state index in [1.807, 2.05) is 13.8 Å². The first-order chi connectivity index (χ1) is 11.4. The van der Waals surface area contributed by atoms with Crippen molar-refractivity contribution in [2.75, 3.05) is 13.2 Å². The highest BCUT2D eigenvalue weighted by atomic mass is 16.6. The van der Waals surface area contributed by atoms with E-state index in [0.29, 0.717) is 31.1 Å². The lowest BCUT2D eigenvalue weighted by Crippen LogP contribution is -2.30. The zero-order chi connectivity index (χ0) is 18.1. The quantitative estimate of drug-likeness (QED) is 0.391. The molecule has 0 spiro atoms. The molecule has 0 aliphatic rings. The van der Waals surface area contributed by atoms with Crippen molar-refractivity contribution >= 4 is 11.9 Å². The highest BCUT2D eigenvalue weighted by Gasteiger charge is 2.24. The summed E-state index contributed by atoms with van der Waals surface area (Å²) in [6.45, 7) is 11.4. The monoisotopic (exact) mass is 336 g/mol. The summed E-state index contributed by atoms with van der Waals surface area (Å²) in [5.41, 5.74) is 0.221. The van der Waals surface area contributed by atoms with Crippen molar-refractivity contribution in [3.8, 4) is 17.2 Å². The predicted molar refractivity (Wildman–Crippen MR) is 89.4 cm³/mol. The van der Waals surface area contributed by atoms with Crippen molar-refractivity contribution in [1.29, 1.82) is 0 Å². The molecule has 6 nitrogen and oxygen atoms in total. The maximum atomic E-state index is 12.2. The molecule has 1 aromatic carbocycles. The minimum absolute atomic E-state index is 0.221. The summed E-state index contributed by atoms with van der Waals surface area (Å²) in [6, 6.07) is 4.87. The predicted octanol–water partition coefficient (Wildman–Crippen LogP) is 3.29. The van der Waals surface area contributed by atoms with Gasteiger partial charge in [-0.2, -0.15) is 0 Å². The largest absolute Gasteiger partial charge is 0.494 e. The van der Waals surface area contributed by atoms with Crippen molar-refractivity contribution in [3.63, 3.8) is 0 Å². The van der Waals surface area contributed by atoms with Crippen LogP contribution in [0.1, 0.15) is 34.1 Å². The van der Waals surface area contributed by atoms with E-state index < -0.39 is 18.0 Å². The first-order valence-electron chi connectivity index (χ1n) is 7.90. The van der Waals surface area contributed by atoms with Gasteiger partial charge in [-0.15, -0.1) is 0 Å². The number of hydrogen-bond acceptors (Lipinski definition) is 6.